The van der Waals surface area contributed by atoms with Crippen molar-refractivity contribution in [3.05, 3.63) is 21.9 Å². The number of carbonyl (C=O) groups is 1. The van der Waals surface area contributed by atoms with Crippen LogP contribution in [0.5, 0.6) is 0 Å². The molecule has 2 saturated heterocycles. The van der Waals surface area contributed by atoms with Crippen LogP contribution in [0.1, 0.15) is 9.75 Å². The minimum absolute atomic E-state index is 0.216. The largest absolute Gasteiger partial charge is 0.383 e. The first-order valence-corrected chi connectivity index (χ1v) is 8.04. The molecule has 2 fully saturated rings. The Labute approximate surface area is 124 Å². The van der Waals surface area contributed by atoms with Gasteiger partial charge in [-0.25, -0.2) is 0 Å². The summed E-state index contributed by atoms with van der Waals surface area (Å²) < 4.78 is 5.07. The zero-order chi connectivity index (χ0) is 14.1. The quantitative estimate of drug-likeness (QED) is 0.827. The topological polar surface area (TPSA) is 32.8 Å². The molecule has 1 aromatic rings. The third kappa shape index (κ3) is 2.75. The lowest BCUT2D eigenvalue weighted by Crippen LogP contribution is -2.34. The SMILES string of the molecule is COCCN1C[C@H]2CN(Cc3ccc(C)s3)C[C@H]2C1=O. The van der Waals surface area contributed by atoms with Crippen molar-refractivity contribution < 1.29 is 9.53 Å². The molecule has 5 heteroatoms. The van der Waals surface area contributed by atoms with Gasteiger partial charge in [-0.2, -0.15) is 0 Å². The Balaban J connectivity index is 1.55. The van der Waals surface area contributed by atoms with Gasteiger partial charge >= 0.3 is 0 Å². The van der Waals surface area contributed by atoms with Gasteiger partial charge in [0, 0.05) is 55.5 Å². The fourth-order valence-electron chi connectivity index (χ4n) is 3.36. The molecule has 2 atom stereocenters. The first kappa shape index (κ1) is 14.0. The molecule has 0 aliphatic carbocycles. The van der Waals surface area contributed by atoms with Gasteiger partial charge in [0.25, 0.3) is 0 Å². The van der Waals surface area contributed by atoms with E-state index in [0.717, 1.165) is 32.7 Å². The van der Waals surface area contributed by atoms with Crippen molar-refractivity contribution in [2.45, 2.75) is 13.5 Å². The van der Waals surface area contributed by atoms with Crippen molar-refractivity contribution in [3.8, 4) is 0 Å². The number of carbonyl (C=O) groups excluding carboxylic acids is 1. The number of nitrogens with zero attached hydrogens (tertiary/aromatic N) is 2. The number of hydrogen-bond donors (Lipinski definition) is 0. The molecular weight excluding hydrogens is 272 g/mol. The van der Waals surface area contributed by atoms with Crippen LogP contribution in [-0.4, -0.2) is 55.6 Å². The van der Waals surface area contributed by atoms with Crippen molar-refractivity contribution in [2.24, 2.45) is 11.8 Å². The predicted molar refractivity (Wildman–Crippen MR) is 79.8 cm³/mol. The molecule has 0 unspecified atom stereocenters. The van der Waals surface area contributed by atoms with Crippen LogP contribution in [0.25, 0.3) is 0 Å². The molecule has 2 aliphatic heterocycles. The summed E-state index contributed by atoms with van der Waals surface area (Å²) in [5.41, 5.74) is 0. The van der Waals surface area contributed by atoms with Crippen LogP contribution in [0.3, 0.4) is 0 Å². The van der Waals surface area contributed by atoms with E-state index in [-0.39, 0.29) is 5.92 Å². The summed E-state index contributed by atoms with van der Waals surface area (Å²) in [6.07, 6.45) is 0. The normalized spacial score (nSPS) is 26.5. The van der Waals surface area contributed by atoms with Crippen molar-refractivity contribution in [1.29, 1.82) is 0 Å². The van der Waals surface area contributed by atoms with Gasteiger partial charge in [0.1, 0.15) is 0 Å². The monoisotopic (exact) mass is 294 g/mol. The van der Waals surface area contributed by atoms with Crippen molar-refractivity contribution in [2.75, 3.05) is 39.9 Å². The molecule has 3 heterocycles. The van der Waals surface area contributed by atoms with Gasteiger partial charge in [0.15, 0.2) is 0 Å². The van der Waals surface area contributed by atoms with Gasteiger partial charge < -0.3 is 9.64 Å². The maximum Gasteiger partial charge on any atom is 0.227 e. The van der Waals surface area contributed by atoms with E-state index in [0.29, 0.717) is 18.4 Å². The summed E-state index contributed by atoms with van der Waals surface area (Å²) in [7, 11) is 1.69. The van der Waals surface area contributed by atoms with Gasteiger partial charge in [-0.3, -0.25) is 9.69 Å². The third-order valence-electron chi connectivity index (χ3n) is 4.34. The summed E-state index contributed by atoms with van der Waals surface area (Å²) in [5, 5.41) is 0. The average Bonchev–Trinajstić information content (AvgIpc) is 3.06. The van der Waals surface area contributed by atoms with Crippen LogP contribution in [-0.2, 0) is 16.1 Å². The van der Waals surface area contributed by atoms with Gasteiger partial charge in [-0.15, -0.1) is 11.3 Å². The molecule has 3 rings (SSSR count). The number of rotatable bonds is 5. The maximum atomic E-state index is 12.3. The minimum atomic E-state index is 0.216. The summed E-state index contributed by atoms with van der Waals surface area (Å²) >= 11 is 1.86. The summed E-state index contributed by atoms with van der Waals surface area (Å²) in [6, 6.07) is 4.38. The molecule has 2 aliphatic rings. The molecule has 0 saturated carbocycles. The highest BCUT2D eigenvalue weighted by Gasteiger charge is 2.45. The Morgan fingerprint density at radius 2 is 2.20 bits per heavy atom. The van der Waals surface area contributed by atoms with Crippen molar-refractivity contribution >= 4 is 17.2 Å². The molecular formula is C15H22N2O2S. The van der Waals surface area contributed by atoms with E-state index in [1.165, 1.54) is 9.75 Å². The Kier molecular flexibility index (Phi) is 4.10. The standard InChI is InChI=1S/C15H22N2O2S/c1-11-3-4-13(20-11)9-16-7-12-8-17(5-6-19-2)15(18)14(12)10-16/h3-4,12,14H,5-10H2,1-2H3/t12-,14-/m1/s1. The lowest BCUT2D eigenvalue weighted by Gasteiger charge is -2.21. The Hall–Kier alpha value is -0.910. The first-order chi connectivity index (χ1) is 9.67. The van der Waals surface area contributed by atoms with Gasteiger partial charge in [0.2, 0.25) is 5.91 Å². The van der Waals surface area contributed by atoms with Crippen LogP contribution >= 0.6 is 11.3 Å². The highest BCUT2D eigenvalue weighted by molar-refractivity contribution is 7.11. The molecule has 0 bridgehead atoms. The number of amides is 1. The zero-order valence-corrected chi connectivity index (χ0v) is 13.0. The number of hydrogen-bond acceptors (Lipinski definition) is 4. The number of likely N-dealkylation sites (tertiary alicyclic amines) is 2. The van der Waals surface area contributed by atoms with E-state index in [4.69, 9.17) is 4.74 Å². The summed E-state index contributed by atoms with van der Waals surface area (Å²) in [4.78, 5) is 19.5. The smallest absolute Gasteiger partial charge is 0.227 e. The van der Waals surface area contributed by atoms with E-state index >= 15 is 0 Å². The molecule has 0 spiro atoms. The first-order valence-electron chi connectivity index (χ1n) is 7.23. The third-order valence-corrected chi connectivity index (χ3v) is 5.33. The molecule has 110 valence electrons. The average molecular weight is 294 g/mol. The van der Waals surface area contributed by atoms with Gasteiger partial charge in [-0.1, -0.05) is 0 Å². The van der Waals surface area contributed by atoms with E-state index in [9.17, 15) is 4.79 Å². The molecule has 1 aromatic heterocycles. The van der Waals surface area contributed by atoms with E-state index in [2.05, 4.69) is 24.0 Å². The van der Waals surface area contributed by atoms with Crippen LogP contribution < -0.4 is 0 Å². The maximum absolute atomic E-state index is 12.3. The van der Waals surface area contributed by atoms with E-state index < -0.39 is 0 Å². The fourth-order valence-corrected chi connectivity index (χ4v) is 4.29. The molecule has 0 aromatic carbocycles. The predicted octanol–water partition coefficient (Wildman–Crippen LogP) is 1.59. The van der Waals surface area contributed by atoms with Gasteiger partial charge in [0.05, 0.1) is 12.5 Å². The van der Waals surface area contributed by atoms with Crippen molar-refractivity contribution in [1.82, 2.24) is 9.80 Å². The zero-order valence-electron chi connectivity index (χ0n) is 12.2. The Morgan fingerprint density at radius 3 is 2.85 bits per heavy atom. The Morgan fingerprint density at radius 1 is 1.35 bits per heavy atom. The van der Waals surface area contributed by atoms with Crippen molar-refractivity contribution in [3.63, 3.8) is 0 Å². The Bertz CT molecular complexity index is 488. The highest BCUT2D eigenvalue weighted by atomic mass is 32.1. The summed E-state index contributed by atoms with van der Waals surface area (Å²) in [6.45, 7) is 7.41. The van der Waals surface area contributed by atoms with E-state index in [1.54, 1.807) is 7.11 Å². The number of thiophene rings is 1. The van der Waals surface area contributed by atoms with Crippen LogP contribution in [0.15, 0.2) is 12.1 Å². The molecule has 0 N–H and O–H groups in total. The molecule has 0 radical (unpaired) electrons. The lowest BCUT2D eigenvalue weighted by molar-refractivity contribution is -0.131. The van der Waals surface area contributed by atoms with Crippen LogP contribution in [0.4, 0.5) is 0 Å². The summed E-state index contributed by atoms with van der Waals surface area (Å²) in [5.74, 6) is 1.06. The fraction of sp³-hybridized carbons (Fsp3) is 0.667. The lowest BCUT2D eigenvalue weighted by atomic mass is 10.0. The second kappa shape index (κ2) is 5.84. The molecule has 20 heavy (non-hydrogen) atoms. The molecule has 4 nitrogen and oxygen atoms in total. The molecule has 1 amide bonds. The minimum Gasteiger partial charge on any atom is -0.383 e. The number of methoxy groups -OCH3 is 1. The second-order valence-corrected chi connectivity index (χ2v) is 7.22. The van der Waals surface area contributed by atoms with Gasteiger partial charge in [-0.05, 0) is 19.1 Å². The number of aryl methyl sites for hydroxylation is 1. The highest BCUT2D eigenvalue weighted by Crippen LogP contribution is 2.33. The van der Waals surface area contributed by atoms with E-state index in [1.807, 2.05) is 16.2 Å². The van der Waals surface area contributed by atoms with Crippen LogP contribution in [0.2, 0.25) is 0 Å². The van der Waals surface area contributed by atoms with Crippen LogP contribution in [0, 0.1) is 18.8 Å². The second-order valence-electron chi connectivity index (χ2n) is 5.85. The number of ether oxygens (including phenoxy) is 1. The number of fused-ring (bicyclic) bond motifs is 1.